The van der Waals surface area contributed by atoms with Crippen LogP contribution in [0.3, 0.4) is 0 Å². The van der Waals surface area contributed by atoms with E-state index in [9.17, 15) is 10.1 Å². The van der Waals surface area contributed by atoms with Gasteiger partial charge in [-0.2, -0.15) is 0 Å². The minimum atomic E-state index is -0.396. The van der Waals surface area contributed by atoms with E-state index in [0.29, 0.717) is 0 Å². The molecule has 0 N–H and O–H groups in total. The number of rotatable bonds is 6. The molecule has 0 bridgehead atoms. The summed E-state index contributed by atoms with van der Waals surface area (Å²) < 4.78 is 5.60. The fourth-order valence-corrected chi connectivity index (χ4v) is 1.37. The number of hydrogen-bond donors (Lipinski definition) is 0. The predicted molar refractivity (Wildman–Crippen MR) is 65.2 cm³/mol. The van der Waals surface area contributed by atoms with Crippen LogP contribution in [0.25, 0.3) is 0 Å². The van der Waals surface area contributed by atoms with Crippen molar-refractivity contribution in [2.75, 3.05) is 6.61 Å². The molecule has 0 amide bonds. The summed E-state index contributed by atoms with van der Waals surface area (Å²) in [6.07, 6.45) is 2.14. The highest BCUT2D eigenvalue weighted by Gasteiger charge is 2.13. The maximum Gasteiger partial charge on any atom is 0.323 e. The Hall–Kier alpha value is -1.36. The molecule has 0 saturated carbocycles. The van der Waals surface area contributed by atoms with Gasteiger partial charge in [-0.25, -0.2) is 0 Å². The number of nitrogens with zero attached hydrogens (tertiary/aromatic N) is 1. The Morgan fingerprint density at radius 3 is 2.50 bits per heavy atom. The summed E-state index contributed by atoms with van der Waals surface area (Å²) in [7, 11) is 0. The summed E-state index contributed by atoms with van der Waals surface area (Å²) >= 11 is 0. The van der Waals surface area contributed by atoms with Gasteiger partial charge in [0, 0.05) is 18.7 Å². The van der Waals surface area contributed by atoms with Crippen molar-refractivity contribution >= 4 is 18.1 Å². The molecule has 1 aromatic rings. The summed E-state index contributed by atoms with van der Waals surface area (Å²) in [5.41, 5.74) is 1.09. The van der Waals surface area contributed by atoms with E-state index in [1.807, 2.05) is 6.82 Å². The van der Waals surface area contributed by atoms with Crippen LogP contribution in [0.15, 0.2) is 24.3 Å². The van der Waals surface area contributed by atoms with Crippen LogP contribution in [0, 0.1) is 10.1 Å². The molecule has 0 radical (unpaired) electrons. The second-order valence-electron chi connectivity index (χ2n) is 3.72. The molecule has 0 spiro atoms. The molecule has 0 aliphatic rings. The van der Waals surface area contributed by atoms with Crippen LogP contribution in [0.2, 0.25) is 6.82 Å². The maximum atomic E-state index is 10.5. The van der Waals surface area contributed by atoms with Gasteiger partial charge in [0.05, 0.1) is 4.92 Å². The van der Waals surface area contributed by atoms with Crippen LogP contribution >= 0.6 is 0 Å². The minimum absolute atomic E-state index is 0.00708. The lowest BCUT2D eigenvalue weighted by Crippen LogP contribution is -2.30. The third-order valence-corrected chi connectivity index (χ3v) is 2.44. The van der Waals surface area contributed by atoms with E-state index in [1.165, 1.54) is 12.1 Å². The second kappa shape index (κ2) is 6.28. The van der Waals surface area contributed by atoms with Gasteiger partial charge in [-0.1, -0.05) is 32.3 Å². The number of unbranched alkanes of at least 4 members (excludes halogenated alkanes) is 1. The monoisotopic (exact) mass is 221 g/mol. The number of hydrogen-bond acceptors (Lipinski definition) is 3. The maximum absolute atomic E-state index is 10.5. The summed E-state index contributed by atoms with van der Waals surface area (Å²) in [5, 5.41) is 10.5. The average Bonchev–Trinajstić information content (AvgIpc) is 2.29. The van der Waals surface area contributed by atoms with Crippen LogP contribution < -0.4 is 5.46 Å². The van der Waals surface area contributed by atoms with E-state index in [1.54, 1.807) is 12.1 Å². The second-order valence-corrected chi connectivity index (χ2v) is 3.72. The van der Waals surface area contributed by atoms with Crippen molar-refractivity contribution < 1.29 is 9.58 Å². The summed E-state index contributed by atoms with van der Waals surface area (Å²) in [5.74, 6) is 0. The van der Waals surface area contributed by atoms with Gasteiger partial charge in [0.1, 0.15) is 0 Å². The number of non-ortho nitro benzene ring substituents is 1. The highest BCUT2D eigenvalue weighted by Crippen LogP contribution is 2.07. The lowest BCUT2D eigenvalue weighted by atomic mass is 9.64. The van der Waals surface area contributed by atoms with Crippen molar-refractivity contribution in [3.8, 4) is 0 Å². The molecule has 0 fully saturated rings. The first-order valence-corrected chi connectivity index (χ1v) is 5.51. The molecule has 0 saturated heterocycles. The summed E-state index contributed by atoms with van der Waals surface area (Å²) in [4.78, 5) is 10.1. The van der Waals surface area contributed by atoms with E-state index in [-0.39, 0.29) is 12.6 Å². The molecule has 0 aliphatic heterocycles. The van der Waals surface area contributed by atoms with E-state index in [0.717, 1.165) is 24.9 Å². The Balaban J connectivity index is 2.56. The van der Waals surface area contributed by atoms with Gasteiger partial charge in [0.15, 0.2) is 0 Å². The van der Waals surface area contributed by atoms with Gasteiger partial charge in [-0.15, -0.1) is 0 Å². The van der Waals surface area contributed by atoms with Crippen molar-refractivity contribution in [1.29, 1.82) is 0 Å². The molecule has 0 heterocycles. The Morgan fingerprint density at radius 2 is 2.00 bits per heavy atom. The van der Waals surface area contributed by atoms with Crippen LogP contribution in [0.4, 0.5) is 5.69 Å². The van der Waals surface area contributed by atoms with Crippen molar-refractivity contribution in [2.24, 2.45) is 0 Å². The third kappa shape index (κ3) is 3.66. The molecular formula is C11H16BNO3. The van der Waals surface area contributed by atoms with Gasteiger partial charge in [0.2, 0.25) is 0 Å². The summed E-state index contributed by atoms with van der Waals surface area (Å²) in [6, 6.07) is 6.51. The van der Waals surface area contributed by atoms with Gasteiger partial charge >= 0.3 is 6.92 Å². The zero-order valence-electron chi connectivity index (χ0n) is 9.68. The van der Waals surface area contributed by atoms with Crippen LogP contribution in [0.1, 0.15) is 19.8 Å². The lowest BCUT2D eigenvalue weighted by molar-refractivity contribution is -0.384. The summed E-state index contributed by atoms with van der Waals surface area (Å²) in [6.45, 7) is 4.79. The van der Waals surface area contributed by atoms with Crippen LogP contribution in [0.5, 0.6) is 0 Å². The van der Waals surface area contributed by atoms with Gasteiger partial charge < -0.3 is 4.65 Å². The van der Waals surface area contributed by atoms with Crippen molar-refractivity contribution in [3.63, 3.8) is 0 Å². The third-order valence-electron chi connectivity index (χ3n) is 2.44. The van der Waals surface area contributed by atoms with Gasteiger partial charge in [-0.05, 0) is 11.9 Å². The first kappa shape index (κ1) is 12.7. The number of nitro groups is 1. The lowest BCUT2D eigenvalue weighted by Gasteiger charge is -2.09. The van der Waals surface area contributed by atoms with E-state index < -0.39 is 4.92 Å². The fraction of sp³-hybridized carbons (Fsp3) is 0.455. The fourth-order valence-electron chi connectivity index (χ4n) is 1.37. The average molecular weight is 221 g/mol. The molecule has 0 aliphatic carbocycles. The largest absolute Gasteiger partial charge is 0.431 e. The van der Waals surface area contributed by atoms with Crippen LogP contribution in [-0.2, 0) is 4.65 Å². The van der Waals surface area contributed by atoms with Crippen molar-refractivity contribution in [3.05, 3.63) is 34.4 Å². The minimum Gasteiger partial charge on any atom is -0.431 e. The quantitative estimate of drug-likeness (QED) is 0.320. The SMILES string of the molecule is CCCCOB(C)c1ccc([N+](=O)[O-])cc1. The standard InChI is InChI=1S/C11H16BNO3/c1-3-4-9-16-12(2)10-5-7-11(8-6-10)13(14)15/h5-8H,3-4,9H2,1-2H3. The normalized spacial score (nSPS) is 10.1. The van der Waals surface area contributed by atoms with Crippen molar-refractivity contribution in [2.45, 2.75) is 26.6 Å². The topological polar surface area (TPSA) is 52.4 Å². The van der Waals surface area contributed by atoms with Crippen molar-refractivity contribution in [1.82, 2.24) is 0 Å². The number of benzene rings is 1. The Morgan fingerprint density at radius 1 is 1.38 bits per heavy atom. The molecular weight excluding hydrogens is 205 g/mol. The molecule has 1 aromatic carbocycles. The number of nitro benzene ring substituents is 1. The van der Waals surface area contributed by atoms with Gasteiger partial charge in [0.25, 0.3) is 5.69 Å². The first-order chi connectivity index (χ1) is 7.65. The smallest absolute Gasteiger partial charge is 0.323 e. The zero-order chi connectivity index (χ0) is 12.0. The molecule has 4 nitrogen and oxygen atoms in total. The van der Waals surface area contributed by atoms with E-state index in [4.69, 9.17) is 4.65 Å². The first-order valence-electron chi connectivity index (χ1n) is 5.51. The Kier molecular flexibility index (Phi) is 4.99. The zero-order valence-corrected chi connectivity index (χ0v) is 9.68. The molecule has 0 unspecified atom stereocenters. The molecule has 16 heavy (non-hydrogen) atoms. The molecule has 1 rings (SSSR count). The molecule has 5 heteroatoms. The Labute approximate surface area is 95.9 Å². The molecule has 0 atom stereocenters. The Bertz CT molecular complexity index is 340. The van der Waals surface area contributed by atoms with Gasteiger partial charge in [-0.3, -0.25) is 10.1 Å². The highest BCUT2D eigenvalue weighted by molar-refractivity contribution is 6.66. The molecule has 0 aromatic heterocycles. The molecule has 86 valence electrons. The highest BCUT2D eigenvalue weighted by atomic mass is 16.6. The predicted octanol–water partition coefficient (Wildman–Crippen LogP) is 2.24. The van der Waals surface area contributed by atoms with E-state index >= 15 is 0 Å². The van der Waals surface area contributed by atoms with E-state index in [2.05, 4.69) is 6.92 Å². The van der Waals surface area contributed by atoms with Crippen LogP contribution in [-0.4, -0.2) is 18.4 Å².